The molecule has 0 aromatic carbocycles. The monoisotopic (exact) mass is 206 g/mol. The third kappa shape index (κ3) is 1.52. The van der Waals surface area contributed by atoms with Gasteiger partial charge >= 0.3 is 5.97 Å². The molecule has 2 aromatic heterocycles. The Hall–Kier alpha value is -2.04. The topological polar surface area (TPSA) is 78.4 Å². The van der Waals surface area contributed by atoms with E-state index in [4.69, 9.17) is 14.9 Å². The summed E-state index contributed by atoms with van der Waals surface area (Å²) in [6.07, 6.45) is 1.57. The van der Waals surface area contributed by atoms with Crippen LogP contribution in [0.5, 0.6) is 0 Å². The molecule has 0 unspecified atom stereocenters. The summed E-state index contributed by atoms with van der Waals surface area (Å²) in [4.78, 5) is 15.5. The summed E-state index contributed by atoms with van der Waals surface area (Å²) in [5.74, 6) is -0.441. The molecule has 0 fully saturated rings. The van der Waals surface area contributed by atoms with Crippen molar-refractivity contribution in [1.29, 1.82) is 0 Å². The van der Waals surface area contributed by atoms with E-state index in [1.54, 1.807) is 25.3 Å². The normalized spacial score (nSPS) is 10.5. The lowest BCUT2D eigenvalue weighted by Gasteiger charge is -1.99. The van der Waals surface area contributed by atoms with Crippen molar-refractivity contribution >= 4 is 23.0 Å². The summed E-state index contributed by atoms with van der Waals surface area (Å²) in [7, 11) is 0. The Bertz CT molecular complexity index is 504. The molecule has 5 heteroatoms. The first-order valence-corrected chi connectivity index (χ1v) is 4.54. The van der Waals surface area contributed by atoms with Gasteiger partial charge in [-0.05, 0) is 19.1 Å². The second-order valence-electron chi connectivity index (χ2n) is 2.92. The van der Waals surface area contributed by atoms with Gasteiger partial charge in [0.2, 0.25) is 11.6 Å². The number of nitrogens with zero attached hydrogens (tertiary/aromatic N) is 1. The zero-order valence-electron chi connectivity index (χ0n) is 8.19. The van der Waals surface area contributed by atoms with Crippen molar-refractivity contribution in [3.8, 4) is 0 Å². The van der Waals surface area contributed by atoms with Crippen molar-refractivity contribution in [2.45, 2.75) is 6.92 Å². The van der Waals surface area contributed by atoms with Gasteiger partial charge in [0, 0.05) is 6.20 Å². The molecule has 2 aromatic rings. The zero-order valence-corrected chi connectivity index (χ0v) is 8.19. The maximum absolute atomic E-state index is 11.6. The van der Waals surface area contributed by atoms with Crippen LogP contribution >= 0.6 is 0 Å². The van der Waals surface area contributed by atoms with Crippen molar-refractivity contribution < 1.29 is 13.9 Å². The van der Waals surface area contributed by atoms with Crippen LogP contribution in [0.4, 0.5) is 5.88 Å². The van der Waals surface area contributed by atoms with Crippen LogP contribution in [0.1, 0.15) is 17.3 Å². The van der Waals surface area contributed by atoms with Crippen LogP contribution in [0.3, 0.4) is 0 Å². The first-order chi connectivity index (χ1) is 7.24. The minimum absolute atomic E-state index is 0.0437. The lowest BCUT2D eigenvalue weighted by Crippen LogP contribution is -2.06. The lowest BCUT2D eigenvalue weighted by molar-refractivity contribution is 0.0529. The highest BCUT2D eigenvalue weighted by atomic mass is 16.5. The lowest BCUT2D eigenvalue weighted by atomic mass is 10.2. The smallest absolute Gasteiger partial charge is 0.344 e. The fraction of sp³-hybridized carbons (Fsp3) is 0.200. The van der Waals surface area contributed by atoms with Crippen LogP contribution in [0.2, 0.25) is 0 Å². The highest BCUT2D eigenvalue weighted by Gasteiger charge is 2.20. The molecule has 0 spiro atoms. The summed E-state index contributed by atoms with van der Waals surface area (Å²) in [6.45, 7) is 2.03. The summed E-state index contributed by atoms with van der Waals surface area (Å²) in [5.41, 5.74) is 6.17. The predicted octanol–water partition coefficient (Wildman–Crippen LogP) is 1.59. The zero-order chi connectivity index (χ0) is 10.8. The van der Waals surface area contributed by atoms with Crippen molar-refractivity contribution in [2.75, 3.05) is 12.3 Å². The number of ether oxygens (including phenoxy) is 1. The van der Waals surface area contributed by atoms with Gasteiger partial charge in [0.15, 0.2) is 0 Å². The summed E-state index contributed by atoms with van der Waals surface area (Å²) in [6, 6.07) is 3.43. The Kier molecular flexibility index (Phi) is 2.29. The van der Waals surface area contributed by atoms with Gasteiger partial charge in [-0.15, -0.1) is 0 Å². The van der Waals surface area contributed by atoms with Gasteiger partial charge in [-0.2, -0.15) is 0 Å². The average Bonchev–Trinajstić information content (AvgIpc) is 2.54. The number of pyridine rings is 1. The number of nitrogens with two attached hydrogens (primary N) is 1. The van der Waals surface area contributed by atoms with Crippen LogP contribution < -0.4 is 5.73 Å². The fourth-order valence-electron chi connectivity index (χ4n) is 1.36. The van der Waals surface area contributed by atoms with E-state index in [0.717, 1.165) is 0 Å². The number of carbonyl (C=O) groups excluding carboxylic acids is 1. The van der Waals surface area contributed by atoms with Crippen molar-refractivity contribution in [3.05, 3.63) is 23.9 Å². The molecule has 2 rings (SSSR count). The number of furan rings is 1. The number of rotatable bonds is 2. The molecule has 0 aliphatic heterocycles. The largest absolute Gasteiger partial charge is 0.462 e. The Morgan fingerprint density at radius 2 is 2.47 bits per heavy atom. The van der Waals surface area contributed by atoms with Crippen molar-refractivity contribution in [2.24, 2.45) is 0 Å². The number of fused-ring (bicyclic) bond motifs is 1. The van der Waals surface area contributed by atoms with Gasteiger partial charge < -0.3 is 14.9 Å². The molecule has 0 saturated heterocycles. The van der Waals surface area contributed by atoms with E-state index in [1.165, 1.54) is 0 Å². The molecule has 0 atom stereocenters. The molecule has 15 heavy (non-hydrogen) atoms. The first kappa shape index (κ1) is 9.51. The van der Waals surface area contributed by atoms with Crippen molar-refractivity contribution in [1.82, 2.24) is 4.98 Å². The number of carbonyl (C=O) groups is 1. The molecule has 0 radical (unpaired) electrons. The van der Waals surface area contributed by atoms with Crippen LogP contribution in [0.15, 0.2) is 22.7 Å². The molecule has 5 nitrogen and oxygen atoms in total. The fourth-order valence-corrected chi connectivity index (χ4v) is 1.36. The molecular weight excluding hydrogens is 196 g/mol. The van der Waals surface area contributed by atoms with E-state index in [2.05, 4.69) is 4.98 Å². The number of esters is 1. The third-order valence-corrected chi connectivity index (χ3v) is 1.97. The number of anilines is 1. The van der Waals surface area contributed by atoms with E-state index < -0.39 is 5.97 Å². The molecule has 0 aliphatic rings. The van der Waals surface area contributed by atoms with Gasteiger partial charge in [0.25, 0.3) is 0 Å². The molecule has 0 aliphatic carbocycles. The Morgan fingerprint density at radius 1 is 1.67 bits per heavy atom. The highest BCUT2D eigenvalue weighted by Crippen LogP contribution is 2.26. The SMILES string of the molecule is CCOC(=O)c1c(N)oc2ncccc12. The molecule has 2 heterocycles. The van der Waals surface area contributed by atoms with E-state index in [0.29, 0.717) is 17.7 Å². The van der Waals surface area contributed by atoms with Gasteiger partial charge in [0.1, 0.15) is 5.56 Å². The Balaban J connectivity index is 2.58. The second-order valence-corrected chi connectivity index (χ2v) is 2.92. The Labute approximate surface area is 85.8 Å². The molecule has 78 valence electrons. The number of nitrogen functional groups attached to an aromatic ring is 1. The van der Waals surface area contributed by atoms with E-state index >= 15 is 0 Å². The molecular formula is C10H10N2O3. The summed E-state index contributed by atoms with van der Waals surface area (Å²) < 4.78 is 10.0. The van der Waals surface area contributed by atoms with Gasteiger partial charge in [-0.1, -0.05) is 0 Å². The number of aromatic nitrogens is 1. The highest BCUT2D eigenvalue weighted by molar-refractivity contribution is 6.06. The number of hydrogen-bond acceptors (Lipinski definition) is 5. The van der Waals surface area contributed by atoms with E-state index in [1.807, 2.05) is 0 Å². The maximum Gasteiger partial charge on any atom is 0.344 e. The molecule has 2 N–H and O–H groups in total. The van der Waals surface area contributed by atoms with Gasteiger partial charge in [0.05, 0.1) is 12.0 Å². The van der Waals surface area contributed by atoms with Crippen molar-refractivity contribution in [3.63, 3.8) is 0 Å². The predicted molar refractivity (Wildman–Crippen MR) is 54.4 cm³/mol. The summed E-state index contributed by atoms with van der Waals surface area (Å²) in [5, 5.41) is 0.577. The van der Waals surface area contributed by atoms with Crippen LogP contribution in [-0.2, 0) is 4.74 Å². The van der Waals surface area contributed by atoms with Crippen LogP contribution in [0, 0.1) is 0 Å². The third-order valence-electron chi connectivity index (χ3n) is 1.97. The quantitative estimate of drug-likeness (QED) is 0.755. The van der Waals surface area contributed by atoms with E-state index in [-0.39, 0.29) is 11.4 Å². The summed E-state index contributed by atoms with van der Waals surface area (Å²) >= 11 is 0. The second kappa shape index (κ2) is 3.61. The maximum atomic E-state index is 11.6. The molecule has 0 saturated carbocycles. The van der Waals surface area contributed by atoms with Gasteiger partial charge in [-0.25, -0.2) is 9.78 Å². The minimum atomic E-state index is -0.484. The Morgan fingerprint density at radius 3 is 3.20 bits per heavy atom. The first-order valence-electron chi connectivity index (χ1n) is 4.54. The standard InChI is InChI=1S/C10H10N2O3/c1-2-14-10(13)7-6-4-3-5-12-9(6)15-8(7)11/h3-5H,2,11H2,1H3. The molecule has 0 bridgehead atoms. The molecule has 0 amide bonds. The van der Waals surface area contributed by atoms with Crippen LogP contribution in [0.25, 0.3) is 11.1 Å². The average molecular weight is 206 g/mol. The minimum Gasteiger partial charge on any atom is -0.462 e. The van der Waals surface area contributed by atoms with Gasteiger partial charge in [-0.3, -0.25) is 0 Å². The number of hydrogen-bond donors (Lipinski definition) is 1. The van der Waals surface area contributed by atoms with Crippen LogP contribution in [-0.4, -0.2) is 17.6 Å². The van der Waals surface area contributed by atoms with E-state index in [9.17, 15) is 4.79 Å².